The van der Waals surface area contributed by atoms with Crippen LogP contribution in [0.3, 0.4) is 0 Å². The topological polar surface area (TPSA) is 38.8 Å². The van der Waals surface area contributed by atoms with E-state index in [1.165, 1.54) is 0 Å². The number of benzene rings is 1. The van der Waals surface area contributed by atoms with Crippen molar-refractivity contribution >= 4 is 29.5 Å². The summed E-state index contributed by atoms with van der Waals surface area (Å²) < 4.78 is 47.2. The van der Waals surface area contributed by atoms with Crippen molar-refractivity contribution in [2.75, 3.05) is 0 Å². The van der Waals surface area contributed by atoms with Crippen molar-refractivity contribution in [2.24, 2.45) is 0 Å². The maximum absolute atomic E-state index is 12.7. The molecule has 0 aliphatic carbocycles. The summed E-state index contributed by atoms with van der Waals surface area (Å²) in [4.78, 5) is 11.3. The van der Waals surface area contributed by atoms with Crippen LogP contribution in [0.5, 0.6) is 0 Å². The summed E-state index contributed by atoms with van der Waals surface area (Å²) in [5, 5.41) is 0. The second kappa shape index (κ2) is 6.48. The third-order valence-corrected chi connectivity index (χ3v) is 3.59. The van der Waals surface area contributed by atoms with Crippen LogP contribution in [0, 0.1) is 0 Å². The van der Waals surface area contributed by atoms with Crippen LogP contribution in [0.15, 0.2) is 40.9 Å². The molecule has 0 saturated carbocycles. The quantitative estimate of drug-likeness (QED) is 0.608. The summed E-state index contributed by atoms with van der Waals surface area (Å²) in [5.41, 5.74) is -0.932. The first-order valence-electron chi connectivity index (χ1n) is 5.63. The Morgan fingerprint density at radius 2 is 2.00 bits per heavy atom. The van der Waals surface area contributed by atoms with E-state index in [0.717, 1.165) is 0 Å². The molecule has 0 spiro atoms. The summed E-state index contributed by atoms with van der Waals surface area (Å²) in [6.45, 7) is -0.0930. The van der Waals surface area contributed by atoms with Gasteiger partial charge in [0.2, 0.25) is 5.56 Å². The van der Waals surface area contributed by atoms with Crippen molar-refractivity contribution in [3.8, 4) is 0 Å². The Morgan fingerprint density at radius 1 is 1.33 bits per heavy atom. The second-order valence-electron chi connectivity index (χ2n) is 3.88. The van der Waals surface area contributed by atoms with Crippen molar-refractivity contribution in [3.05, 3.63) is 46.5 Å². The molecule has 9 heteroatoms. The molecule has 0 amide bonds. The molecule has 114 valence electrons. The van der Waals surface area contributed by atoms with E-state index in [9.17, 15) is 18.0 Å². The van der Waals surface area contributed by atoms with Gasteiger partial charge in [0.1, 0.15) is 6.61 Å². The lowest BCUT2D eigenvalue weighted by Gasteiger charge is -2.25. The molecule has 0 N–H and O–H groups in total. The SMILES string of the molecule is O=C(OCc1ccccc1)OC1SC(Cl)=CN1C(F)(F)F. The molecule has 2 rings (SSSR count). The number of carbonyl (C=O) groups is 1. The fraction of sp³-hybridized carbons (Fsp3) is 0.250. The second-order valence-corrected chi connectivity index (χ2v) is 5.59. The summed E-state index contributed by atoms with van der Waals surface area (Å²) in [6, 6.07) is 8.68. The van der Waals surface area contributed by atoms with Gasteiger partial charge in [0, 0.05) is 6.20 Å². The summed E-state index contributed by atoms with van der Waals surface area (Å²) in [5.74, 6) is 0. The molecule has 0 saturated heterocycles. The smallest absolute Gasteiger partial charge is 0.429 e. The lowest BCUT2D eigenvalue weighted by Crippen LogP contribution is -2.40. The highest BCUT2D eigenvalue weighted by atomic mass is 35.5. The van der Waals surface area contributed by atoms with E-state index in [1.54, 1.807) is 30.3 Å². The van der Waals surface area contributed by atoms with Gasteiger partial charge in [0.05, 0.1) is 4.36 Å². The molecule has 0 bridgehead atoms. The summed E-state index contributed by atoms with van der Waals surface area (Å²) >= 11 is 6.07. The lowest BCUT2D eigenvalue weighted by atomic mass is 10.2. The van der Waals surface area contributed by atoms with Crippen LogP contribution >= 0.6 is 23.4 Å². The van der Waals surface area contributed by atoms with Crippen molar-refractivity contribution in [2.45, 2.75) is 18.5 Å². The molecule has 1 heterocycles. The Morgan fingerprint density at radius 3 is 2.62 bits per heavy atom. The zero-order chi connectivity index (χ0) is 15.5. The van der Waals surface area contributed by atoms with Crippen LogP contribution in [0.2, 0.25) is 0 Å². The molecule has 1 aliphatic rings. The van der Waals surface area contributed by atoms with Gasteiger partial charge in [0.25, 0.3) is 0 Å². The minimum absolute atomic E-state index is 0.0930. The Balaban J connectivity index is 1.88. The fourth-order valence-electron chi connectivity index (χ4n) is 1.46. The van der Waals surface area contributed by atoms with E-state index in [0.29, 0.717) is 23.5 Å². The monoisotopic (exact) mass is 339 g/mol. The van der Waals surface area contributed by atoms with Gasteiger partial charge in [-0.1, -0.05) is 41.9 Å². The zero-order valence-electron chi connectivity index (χ0n) is 10.3. The highest BCUT2D eigenvalue weighted by molar-refractivity contribution is 8.05. The van der Waals surface area contributed by atoms with E-state index in [2.05, 4.69) is 4.74 Å². The molecule has 1 unspecified atom stereocenters. The molecular weight excluding hydrogens is 331 g/mol. The van der Waals surface area contributed by atoms with Crippen LogP contribution in [0.1, 0.15) is 5.56 Å². The maximum Gasteiger partial charge on any atom is 0.511 e. The van der Waals surface area contributed by atoms with Gasteiger partial charge in [-0.15, -0.1) is 13.2 Å². The number of carbonyl (C=O) groups excluding carboxylic acids is 1. The van der Waals surface area contributed by atoms with Crippen LogP contribution < -0.4 is 0 Å². The van der Waals surface area contributed by atoms with E-state index < -0.39 is 18.0 Å². The van der Waals surface area contributed by atoms with Crippen LogP contribution in [-0.2, 0) is 16.1 Å². The first-order valence-corrected chi connectivity index (χ1v) is 6.88. The highest BCUT2D eigenvalue weighted by Gasteiger charge is 2.46. The number of ether oxygens (including phenoxy) is 2. The predicted molar refractivity (Wildman–Crippen MR) is 70.9 cm³/mol. The maximum atomic E-state index is 12.7. The third-order valence-electron chi connectivity index (χ3n) is 2.37. The van der Waals surface area contributed by atoms with Crippen LogP contribution in [-0.4, -0.2) is 22.9 Å². The van der Waals surface area contributed by atoms with Crippen molar-refractivity contribution in [3.63, 3.8) is 0 Å². The molecule has 0 fully saturated rings. The van der Waals surface area contributed by atoms with Gasteiger partial charge < -0.3 is 9.47 Å². The molecule has 21 heavy (non-hydrogen) atoms. The average molecular weight is 340 g/mol. The Hall–Kier alpha value is -1.54. The van der Waals surface area contributed by atoms with Gasteiger partial charge in [-0.05, 0) is 17.3 Å². The molecular formula is C12H9ClF3NO3S. The molecule has 0 aromatic heterocycles. The standard InChI is InChI=1S/C12H9ClF3NO3S/c13-9-6-17(12(14,15)16)10(21-9)20-11(18)19-7-8-4-2-1-3-5-8/h1-6,10H,7H2. The van der Waals surface area contributed by atoms with Crippen molar-refractivity contribution < 1.29 is 27.4 Å². The van der Waals surface area contributed by atoms with Gasteiger partial charge in [-0.2, -0.15) is 0 Å². The van der Waals surface area contributed by atoms with E-state index in [1.807, 2.05) is 0 Å². The number of hydrogen-bond acceptors (Lipinski definition) is 5. The number of nitrogens with zero attached hydrogens (tertiary/aromatic N) is 1. The van der Waals surface area contributed by atoms with Gasteiger partial charge in [-0.25, -0.2) is 9.69 Å². The minimum atomic E-state index is -4.70. The van der Waals surface area contributed by atoms with Gasteiger partial charge >= 0.3 is 12.5 Å². The van der Waals surface area contributed by atoms with Crippen molar-refractivity contribution in [1.82, 2.24) is 4.90 Å². The average Bonchev–Trinajstić information content (AvgIpc) is 2.78. The van der Waals surface area contributed by atoms with Gasteiger partial charge in [0.15, 0.2) is 0 Å². The molecule has 1 aliphatic heterocycles. The third kappa shape index (κ3) is 4.47. The Kier molecular flexibility index (Phi) is 4.89. The minimum Gasteiger partial charge on any atom is -0.429 e. The molecule has 1 aromatic carbocycles. The number of thioether (sulfide) groups is 1. The van der Waals surface area contributed by atoms with Crippen LogP contribution in [0.25, 0.3) is 0 Å². The number of hydrogen-bond donors (Lipinski definition) is 0. The molecule has 1 atom stereocenters. The largest absolute Gasteiger partial charge is 0.511 e. The Labute approximate surface area is 127 Å². The van der Waals surface area contributed by atoms with Crippen molar-refractivity contribution in [1.29, 1.82) is 0 Å². The lowest BCUT2D eigenvalue weighted by molar-refractivity contribution is -0.249. The van der Waals surface area contributed by atoms with Gasteiger partial charge in [-0.3, -0.25) is 0 Å². The number of halogens is 4. The van der Waals surface area contributed by atoms with E-state index in [-0.39, 0.29) is 15.9 Å². The Bertz CT molecular complexity index is 538. The van der Waals surface area contributed by atoms with E-state index >= 15 is 0 Å². The molecule has 0 radical (unpaired) electrons. The normalized spacial score (nSPS) is 18.4. The fourth-order valence-corrected chi connectivity index (χ4v) is 2.58. The van der Waals surface area contributed by atoms with Crippen LogP contribution in [0.4, 0.5) is 18.0 Å². The predicted octanol–water partition coefficient (Wildman–Crippen LogP) is 4.23. The highest BCUT2D eigenvalue weighted by Crippen LogP contribution is 2.41. The number of alkyl halides is 3. The summed E-state index contributed by atoms with van der Waals surface area (Å²) in [7, 11) is 0. The first kappa shape index (κ1) is 15.8. The first-order chi connectivity index (χ1) is 9.86. The molecule has 1 aromatic rings. The number of rotatable bonds is 3. The zero-order valence-corrected chi connectivity index (χ0v) is 11.9. The molecule has 4 nitrogen and oxygen atoms in total. The van der Waals surface area contributed by atoms with E-state index in [4.69, 9.17) is 16.3 Å². The summed E-state index contributed by atoms with van der Waals surface area (Å²) in [6.07, 6.45) is -5.25.